The molecular formula is C23H33Cl2N3O. The van der Waals surface area contributed by atoms with Crippen molar-refractivity contribution in [2.75, 3.05) is 13.1 Å². The van der Waals surface area contributed by atoms with Crippen LogP contribution in [0.5, 0.6) is 0 Å². The van der Waals surface area contributed by atoms with Crippen LogP contribution in [0.25, 0.3) is 0 Å². The van der Waals surface area contributed by atoms with Crippen LogP contribution in [-0.2, 0) is 17.9 Å². The van der Waals surface area contributed by atoms with E-state index in [1.54, 1.807) is 0 Å². The first-order valence-electron chi connectivity index (χ1n) is 10.1. The van der Waals surface area contributed by atoms with Gasteiger partial charge in [0.1, 0.15) is 0 Å². The van der Waals surface area contributed by atoms with Gasteiger partial charge < -0.3 is 11.1 Å². The second-order valence-electron chi connectivity index (χ2n) is 7.50. The van der Waals surface area contributed by atoms with E-state index >= 15 is 0 Å². The number of benzene rings is 2. The maximum atomic E-state index is 12.2. The Morgan fingerprint density at radius 3 is 2.10 bits per heavy atom. The van der Waals surface area contributed by atoms with Gasteiger partial charge in [0.25, 0.3) is 0 Å². The Labute approximate surface area is 187 Å². The summed E-state index contributed by atoms with van der Waals surface area (Å²) >= 11 is 0. The van der Waals surface area contributed by atoms with Crippen molar-refractivity contribution in [2.24, 2.45) is 5.73 Å². The molecule has 0 aromatic heterocycles. The Balaban J connectivity index is 0.00000210. The minimum absolute atomic E-state index is 0. The lowest BCUT2D eigenvalue weighted by atomic mass is 10.0. The quantitative estimate of drug-likeness (QED) is 0.664. The lowest BCUT2D eigenvalue weighted by molar-refractivity contribution is -0.121. The fourth-order valence-electron chi connectivity index (χ4n) is 3.61. The van der Waals surface area contributed by atoms with Crippen LogP contribution in [0.4, 0.5) is 0 Å². The molecule has 1 saturated heterocycles. The fourth-order valence-corrected chi connectivity index (χ4v) is 3.61. The molecule has 6 heteroatoms. The molecule has 1 unspecified atom stereocenters. The van der Waals surface area contributed by atoms with Crippen LogP contribution in [-0.4, -0.2) is 23.9 Å². The summed E-state index contributed by atoms with van der Waals surface area (Å²) in [4.78, 5) is 14.7. The number of carbonyl (C=O) groups is 1. The largest absolute Gasteiger partial charge is 0.352 e. The number of likely N-dealkylation sites (tertiary alicyclic amines) is 1. The zero-order chi connectivity index (χ0) is 18.9. The maximum Gasteiger partial charge on any atom is 0.222 e. The number of carbonyl (C=O) groups excluding carboxylic acids is 1. The molecule has 2 aromatic rings. The van der Waals surface area contributed by atoms with Crippen LogP contribution >= 0.6 is 24.8 Å². The summed E-state index contributed by atoms with van der Waals surface area (Å²) in [6, 6.07) is 18.1. The van der Waals surface area contributed by atoms with E-state index in [9.17, 15) is 4.79 Å². The first-order valence-corrected chi connectivity index (χ1v) is 10.1. The number of nitrogens with two attached hydrogens (primary N) is 1. The van der Waals surface area contributed by atoms with E-state index in [-0.39, 0.29) is 36.8 Å². The van der Waals surface area contributed by atoms with Crippen molar-refractivity contribution < 1.29 is 4.79 Å². The number of amides is 1. The van der Waals surface area contributed by atoms with E-state index in [0.29, 0.717) is 13.0 Å². The highest BCUT2D eigenvalue weighted by Crippen LogP contribution is 2.15. The molecule has 1 amide bonds. The van der Waals surface area contributed by atoms with Crippen molar-refractivity contribution >= 4 is 30.7 Å². The van der Waals surface area contributed by atoms with E-state index in [2.05, 4.69) is 34.5 Å². The molecule has 2 aromatic carbocycles. The molecule has 29 heavy (non-hydrogen) atoms. The maximum absolute atomic E-state index is 12.2. The molecule has 1 fully saturated rings. The Morgan fingerprint density at radius 2 is 1.48 bits per heavy atom. The average molecular weight is 438 g/mol. The van der Waals surface area contributed by atoms with Gasteiger partial charge in [0.2, 0.25) is 5.91 Å². The van der Waals surface area contributed by atoms with Gasteiger partial charge in [-0.25, -0.2) is 0 Å². The molecule has 4 nitrogen and oxygen atoms in total. The van der Waals surface area contributed by atoms with Gasteiger partial charge in [0.05, 0.1) is 0 Å². The minimum Gasteiger partial charge on any atom is -0.352 e. The van der Waals surface area contributed by atoms with Crippen molar-refractivity contribution in [1.82, 2.24) is 10.2 Å². The van der Waals surface area contributed by atoms with E-state index < -0.39 is 0 Å². The molecule has 1 aliphatic rings. The first-order chi connectivity index (χ1) is 13.2. The molecule has 3 N–H and O–H groups in total. The monoisotopic (exact) mass is 437 g/mol. The number of hydrogen-bond donors (Lipinski definition) is 2. The van der Waals surface area contributed by atoms with E-state index in [4.69, 9.17) is 5.73 Å². The molecule has 160 valence electrons. The molecule has 0 aliphatic carbocycles. The highest BCUT2D eigenvalue weighted by Gasteiger charge is 2.12. The van der Waals surface area contributed by atoms with Crippen LogP contribution in [0.3, 0.4) is 0 Å². The van der Waals surface area contributed by atoms with Gasteiger partial charge in [-0.1, -0.05) is 67.4 Å². The fraction of sp³-hybridized carbons (Fsp3) is 0.435. The number of hydrogen-bond acceptors (Lipinski definition) is 3. The molecule has 0 radical (unpaired) electrons. The van der Waals surface area contributed by atoms with Crippen LogP contribution in [0.15, 0.2) is 54.6 Å². The molecule has 3 rings (SSSR count). The zero-order valence-electron chi connectivity index (χ0n) is 16.9. The van der Waals surface area contributed by atoms with Crippen molar-refractivity contribution in [1.29, 1.82) is 0 Å². The Bertz CT molecular complexity index is 702. The summed E-state index contributed by atoms with van der Waals surface area (Å²) in [6.07, 6.45) is 5.66. The zero-order valence-corrected chi connectivity index (χ0v) is 18.5. The minimum atomic E-state index is -0.262. The van der Waals surface area contributed by atoms with E-state index in [1.165, 1.54) is 44.3 Å². The lowest BCUT2D eigenvalue weighted by Crippen LogP contribution is -2.27. The molecule has 0 bridgehead atoms. The van der Waals surface area contributed by atoms with Crippen molar-refractivity contribution in [3.8, 4) is 0 Å². The van der Waals surface area contributed by atoms with Gasteiger partial charge in [-0.3, -0.25) is 9.69 Å². The second kappa shape index (κ2) is 13.6. The van der Waals surface area contributed by atoms with Crippen LogP contribution < -0.4 is 11.1 Å². The smallest absolute Gasteiger partial charge is 0.222 e. The lowest BCUT2D eigenvalue weighted by Gasteiger charge is -2.19. The van der Waals surface area contributed by atoms with Crippen molar-refractivity contribution in [3.05, 3.63) is 71.3 Å². The number of nitrogens with zero attached hydrogens (tertiary/aromatic N) is 1. The average Bonchev–Trinajstić information content (AvgIpc) is 2.97. The Morgan fingerprint density at radius 1 is 0.897 bits per heavy atom. The van der Waals surface area contributed by atoms with Gasteiger partial charge in [-0.15, -0.1) is 24.8 Å². The van der Waals surface area contributed by atoms with Crippen LogP contribution in [0.1, 0.15) is 54.8 Å². The van der Waals surface area contributed by atoms with E-state index in [0.717, 1.165) is 17.7 Å². The van der Waals surface area contributed by atoms with E-state index in [1.807, 2.05) is 30.3 Å². The van der Waals surface area contributed by atoms with Crippen LogP contribution in [0.2, 0.25) is 0 Å². The van der Waals surface area contributed by atoms with Gasteiger partial charge >= 0.3 is 0 Å². The highest BCUT2D eigenvalue weighted by atomic mass is 35.5. The molecule has 0 saturated carbocycles. The highest BCUT2D eigenvalue weighted by molar-refractivity contribution is 5.85. The predicted molar refractivity (Wildman–Crippen MR) is 125 cm³/mol. The van der Waals surface area contributed by atoms with Gasteiger partial charge in [-0.05, 0) is 42.6 Å². The summed E-state index contributed by atoms with van der Waals surface area (Å²) in [7, 11) is 0. The molecule has 0 spiro atoms. The third-order valence-electron chi connectivity index (χ3n) is 5.25. The van der Waals surface area contributed by atoms with Crippen molar-refractivity contribution in [2.45, 2.75) is 51.2 Å². The predicted octanol–water partition coefficient (Wildman–Crippen LogP) is 4.61. The van der Waals surface area contributed by atoms with Gasteiger partial charge in [-0.2, -0.15) is 0 Å². The standard InChI is InChI=1S/C23H31N3O.2ClH/c24-22(21-8-4-3-5-9-21)16-23(27)25-17-19-10-12-20(13-11-19)18-26-14-6-1-2-7-15-26;;/h3-5,8-13,22H,1-2,6-7,14-18,24H2,(H,25,27);2*1H. The topological polar surface area (TPSA) is 58.4 Å². The summed E-state index contributed by atoms with van der Waals surface area (Å²) in [5, 5.41) is 2.98. The summed E-state index contributed by atoms with van der Waals surface area (Å²) in [5.41, 5.74) is 9.58. The normalized spacial score (nSPS) is 15.3. The summed E-state index contributed by atoms with van der Waals surface area (Å²) in [5.74, 6) is -0.0139. The van der Waals surface area contributed by atoms with Gasteiger partial charge in [0.15, 0.2) is 0 Å². The SMILES string of the molecule is Cl.Cl.NC(CC(=O)NCc1ccc(CN2CCCCCC2)cc1)c1ccccc1. The molecule has 1 aliphatic heterocycles. The number of rotatable bonds is 7. The second-order valence-corrected chi connectivity index (χ2v) is 7.50. The number of nitrogens with one attached hydrogen (secondary N) is 1. The van der Waals surface area contributed by atoms with Gasteiger partial charge in [0, 0.05) is 25.6 Å². The van der Waals surface area contributed by atoms with Crippen molar-refractivity contribution in [3.63, 3.8) is 0 Å². The Hall–Kier alpha value is -1.59. The van der Waals surface area contributed by atoms with Crippen LogP contribution in [0, 0.1) is 0 Å². The third-order valence-corrected chi connectivity index (χ3v) is 5.25. The molecule has 1 heterocycles. The molecule has 1 atom stereocenters. The Kier molecular flexibility index (Phi) is 11.9. The number of halogens is 2. The first kappa shape index (κ1) is 25.4. The third kappa shape index (κ3) is 8.75. The molecular weight excluding hydrogens is 405 g/mol. The summed E-state index contributed by atoms with van der Waals surface area (Å²) in [6.45, 7) is 3.99. The summed E-state index contributed by atoms with van der Waals surface area (Å²) < 4.78 is 0.